The van der Waals surface area contributed by atoms with Crippen LogP contribution in [0, 0.1) is 0 Å². The maximum atomic E-state index is 12.0. The minimum absolute atomic E-state index is 0.0298. The monoisotopic (exact) mass is 415 g/mol. The summed E-state index contributed by atoms with van der Waals surface area (Å²) >= 11 is 1.33. The third-order valence-electron chi connectivity index (χ3n) is 4.59. The zero-order valence-corrected chi connectivity index (χ0v) is 17.3. The number of ether oxygens (including phenoxy) is 1. The van der Waals surface area contributed by atoms with Gasteiger partial charge in [-0.1, -0.05) is 25.5 Å². The minimum Gasteiger partial charge on any atom is -0.455 e. The van der Waals surface area contributed by atoms with Crippen molar-refractivity contribution in [2.75, 3.05) is 23.4 Å². The molecule has 0 radical (unpaired) electrons. The number of hydrogen-bond donors (Lipinski definition) is 1. The summed E-state index contributed by atoms with van der Waals surface area (Å²) < 4.78 is 5.05. The van der Waals surface area contributed by atoms with Crippen molar-refractivity contribution in [2.24, 2.45) is 0 Å². The number of anilines is 2. The van der Waals surface area contributed by atoms with Crippen molar-refractivity contribution < 1.29 is 19.1 Å². The number of unbranched alkanes of at least 4 members (excludes halogenated alkanes) is 1. The summed E-state index contributed by atoms with van der Waals surface area (Å²) in [5.41, 5.74) is 2.44. The van der Waals surface area contributed by atoms with E-state index in [1.807, 2.05) is 24.3 Å². The van der Waals surface area contributed by atoms with Gasteiger partial charge in [0, 0.05) is 24.0 Å². The van der Waals surface area contributed by atoms with E-state index in [1.54, 1.807) is 10.3 Å². The van der Waals surface area contributed by atoms with E-state index in [9.17, 15) is 14.4 Å². The summed E-state index contributed by atoms with van der Waals surface area (Å²) in [5, 5.41) is 5.06. The summed E-state index contributed by atoms with van der Waals surface area (Å²) in [5.74, 6) is -0.857. The molecular weight excluding hydrogens is 390 g/mol. The average Bonchev–Trinajstić information content (AvgIpc) is 3.34. The Morgan fingerprint density at radius 3 is 2.76 bits per heavy atom. The van der Waals surface area contributed by atoms with Crippen LogP contribution in [-0.2, 0) is 32.0 Å². The zero-order valence-electron chi connectivity index (χ0n) is 16.5. The Morgan fingerprint density at radius 1 is 1.28 bits per heavy atom. The number of aromatic nitrogens is 1. The number of carbonyl (C=O) groups is 3. The molecule has 1 N–H and O–H groups in total. The number of thiazole rings is 1. The highest BCUT2D eigenvalue weighted by Gasteiger charge is 2.24. The number of benzene rings is 1. The number of nitrogens with one attached hydrogen (secondary N) is 1. The lowest BCUT2D eigenvalue weighted by Crippen LogP contribution is -2.23. The lowest BCUT2D eigenvalue weighted by molar-refractivity contribution is -0.146. The highest BCUT2D eigenvalue weighted by atomic mass is 32.1. The smallest absolute Gasteiger partial charge is 0.312 e. The molecule has 7 nitrogen and oxygen atoms in total. The second-order valence-electron chi connectivity index (χ2n) is 6.96. The second kappa shape index (κ2) is 10.2. The van der Waals surface area contributed by atoms with Gasteiger partial charge in [-0.2, -0.15) is 0 Å². The maximum Gasteiger partial charge on any atom is 0.312 e. The number of amides is 2. The van der Waals surface area contributed by atoms with E-state index in [4.69, 9.17) is 4.74 Å². The van der Waals surface area contributed by atoms with Crippen LogP contribution in [-0.4, -0.2) is 35.9 Å². The molecule has 1 aliphatic heterocycles. The second-order valence-corrected chi connectivity index (χ2v) is 7.79. The Balaban J connectivity index is 1.41. The van der Waals surface area contributed by atoms with E-state index >= 15 is 0 Å². The third kappa shape index (κ3) is 6.12. The highest BCUT2D eigenvalue weighted by Crippen LogP contribution is 2.25. The van der Waals surface area contributed by atoms with Crippen LogP contribution in [0.5, 0.6) is 0 Å². The van der Waals surface area contributed by atoms with Crippen LogP contribution in [0.2, 0.25) is 0 Å². The van der Waals surface area contributed by atoms with E-state index in [-0.39, 0.29) is 24.8 Å². The first-order valence-corrected chi connectivity index (χ1v) is 10.7. The zero-order chi connectivity index (χ0) is 20.6. The van der Waals surface area contributed by atoms with Gasteiger partial charge in [-0.15, -0.1) is 11.3 Å². The molecule has 0 spiro atoms. The van der Waals surface area contributed by atoms with Gasteiger partial charge in [0.25, 0.3) is 5.91 Å². The number of rotatable bonds is 9. The molecule has 0 saturated carbocycles. The van der Waals surface area contributed by atoms with Crippen LogP contribution < -0.4 is 10.2 Å². The van der Waals surface area contributed by atoms with E-state index in [0.29, 0.717) is 29.5 Å². The molecular formula is C21H25N3O4S. The lowest BCUT2D eigenvalue weighted by Gasteiger charge is -2.10. The molecule has 1 fully saturated rings. The summed E-state index contributed by atoms with van der Waals surface area (Å²) in [6.07, 6.45) is 4.63. The Kier molecular flexibility index (Phi) is 7.35. The van der Waals surface area contributed by atoms with E-state index in [0.717, 1.165) is 25.7 Å². The molecule has 154 valence electrons. The maximum absolute atomic E-state index is 12.0. The van der Waals surface area contributed by atoms with Crippen molar-refractivity contribution in [3.05, 3.63) is 40.9 Å². The molecule has 8 heteroatoms. The fourth-order valence-electron chi connectivity index (χ4n) is 3.03. The van der Waals surface area contributed by atoms with Gasteiger partial charge >= 0.3 is 5.97 Å². The number of nitrogens with zero attached hydrogens (tertiary/aromatic N) is 2. The summed E-state index contributed by atoms with van der Waals surface area (Å²) in [7, 11) is 0. The third-order valence-corrected chi connectivity index (χ3v) is 5.50. The largest absolute Gasteiger partial charge is 0.455 e. The SMILES string of the molecule is CCCCc1ccc(NC(=O)COC(=O)Cc2csc(N3CCCC3=O)n2)cc1. The van der Waals surface area contributed by atoms with Crippen molar-refractivity contribution in [3.63, 3.8) is 0 Å². The topological polar surface area (TPSA) is 88.6 Å². The van der Waals surface area contributed by atoms with Crippen molar-refractivity contribution in [1.82, 2.24) is 4.98 Å². The molecule has 2 heterocycles. The van der Waals surface area contributed by atoms with Gasteiger partial charge in [0.1, 0.15) is 0 Å². The van der Waals surface area contributed by atoms with Gasteiger partial charge in [-0.05, 0) is 37.0 Å². The first-order valence-electron chi connectivity index (χ1n) is 9.84. The standard InChI is InChI=1S/C21H25N3O4S/c1-2-3-5-15-7-9-16(10-8-15)22-18(25)13-28-20(27)12-17-14-29-21(23-17)24-11-4-6-19(24)26/h7-10,14H,2-6,11-13H2,1H3,(H,22,25). The molecule has 2 aromatic rings. The summed E-state index contributed by atoms with van der Waals surface area (Å²) in [4.78, 5) is 41.7. The number of esters is 1. The van der Waals surface area contributed by atoms with Crippen molar-refractivity contribution in [3.8, 4) is 0 Å². The Hall–Kier alpha value is -2.74. The normalized spacial score (nSPS) is 13.6. The van der Waals surface area contributed by atoms with Gasteiger partial charge in [0.2, 0.25) is 5.91 Å². The van der Waals surface area contributed by atoms with Gasteiger partial charge in [0.05, 0.1) is 12.1 Å². The van der Waals surface area contributed by atoms with Gasteiger partial charge in [0.15, 0.2) is 11.7 Å². The predicted octanol–water partition coefficient (Wildman–Crippen LogP) is 3.34. The van der Waals surface area contributed by atoms with Gasteiger partial charge < -0.3 is 10.1 Å². The molecule has 1 aromatic heterocycles. The van der Waals surface area contributed by atoms with E-state index in [1.165, 1.54) is 16.9 Å². The first kappa shape index (κ1) is 21.0. The molecule has 2 amide bonds. The first-order chi connectivity index (χ1) is 14.0. The van der Waals surface area contributed by atoms with Crippen LogP contribution in [0.4, 0.5) is 10.8 Å². The van der Waals surface area contributed by atoms with Crippen LogP contribution in [0.1, 0.15) is 43.9 Å². The van der Waals surface area contributed by atoms with Gasteiger partial charge in [-0.3, -0.25) is 19.3 Å². The molecule has 0 aliphatic carbocycles. The Labute approximate surface area is 174 Å². The summed E-state index contributed by atoms with van der Waals surface area (Å²) in [6.45, 7) is 2.46. The minimum atomic E-state index is -0.528. The molecule has 0 bridgehead atoms. The Bertz CT molecular complexity index is 863. The molecule has 1 saturated heterocycles. The quantitative estimate of drug-likeness (QED) is 0.635. The number of hydrogen-bond acceptors (Lipinski definition) is 6. The van der Waals surface area contributed by atoms with Crippen LogP contribution in [0.25, 0.3) is 0 Å². The fourth-order valence-corrected chi connectivity index (χ4v) is 3.90. The van der Waals surface area contributed by atoms with E-state index < -0.39 is 5.97 Å². The molecule has 3 rings (SSSR count). The molecule has 0 atom stereocenters. The fraction of sp³-hybridized carbons (Fsp3) is 0.429. The Morgan fingerprint density at radius 2 is 2.07 bits per heavy atom. The summed E-state index contributed by atoms with van der Waals surface area (Å²) in [6, 6.07) is 7.67. The van der Waals surface area contributed by atoms with Crippen molar-refractivity contribution in [2.45, 2.75) is 45.4 Å². The molecule has 29 heavy (non-hydrogen) atoms. The molecule has 1 aromatic carbocycles. The van der Waals surface area contributed by atoms with Gasteiger partial charge in [-0.25, -0.2) is 4.98 Å². The lowest BCUT2D eigenvalue weighted by atomic mass is 10.1. The highest BCUT2D eigenvalue weighted by molar-refractivity contribution is 7.14. The van der Waals surface area contributed by atoms with Crippen LogP contribution in [0.3, 0.4) is 0 Å². The van der Waals surface area contributed by atoms with Crippen LogP contribution >= 0.6 is 11.3 Å². The van der Waals surface area contributed by atoms with Crippen molar-refractivity contribution in [1.29, 1.82) is 0 Å². The molecule has 1 aliphatic rings. The number of carbonyl (C=O) groups excluding carboxylic acids is 3. The van der Waals surface area contributed by atoms with Crippen molar-refractivity contribution >= 4 is 39.9 Å². The van der Waals surface area contributed by atoms with E-state index in [2.05, 4.69) is 17.2 Å². The number of aryl methyl sites for hydroxylation is 1. The average molecular weight is 416 g/mol. The molecule has 0 unspecified atom stereocenters. The van der Waals surface area contributed by atoms with Crippen LogP contribution in [0.15, 0.2) is 29.6 Å². The predicted molar refractivity (Wildman–Crippen MR) is 112 cm³/mol.